The fraction of sp³-hybridized carbons (Fsp3) is 0.200. The van der Waals surface area contributed by atoms with Crippen molar-refractivity contribution in [3.8, 4) is 0 Å². The molecule has 0 atom stereocenters. The van der Waals surface area contributed by atoms with Crippen LogP contribution in [0, 0.1) is 8.21 Å². The van der Waals surface area contributed by atoms with Crippen LogP contribution >= 0.6 is 34.8 Å². The van der Waals surface area contributed by atoms with Crippen LogP contribution in [0.2, 0.25) is 0 Å². The zero-order chi connectivity index (χ0) is 10.1. The molecule has 0 aliphatic heterocycles. The van der Waals surface area contributed by atoms with Crippen molar-refractivity contribution < 1.29 is 0 Å². The lowest BCUT2D eigenvalue weighted by molar-refractivity contribution is 0.955. The number of hydrogen-bond donors (Lipinski definition) is 1. The van der Waals surface area contributed by atoms with E-state index in [1.165, 1.54) is 3.57 Å². The van der Waals surface area contributed by atoms with E-state index in [2.05, 4.69) is 51.6 Å². The summed E-state index contributed by atoms with van der Waals surface area (Å²) in [7, 11) is 0. The van der Waals surface area contributed by atoms with Gasteiger partial charge in [-0.25, -0.2) is 4.98 Å². The zero-order valence-electron chi connectivity index (χ0n) is 7.67. The van der Waals surface area contributed by atoms with Gasteiger partial charge in [-0.2, -0.15) is 0 Å². The Morgan fingerprint density at radius 2 is 2.29 bits per heavy atom. The first-order valence-corrected chi connectivity index (χ1v) is 5.88. The smallest absolute Gasteiger partial charge is 0.137 e. The van der Waals surface area contributed by atoms with Crippen LogP contribution in [0.25, 0.3) is 10.9 Å². The second kappa shape index (κ2) is 3.94. The summed E-state index contributed by atoms with van der Waals surface area (Å²) in [4.78, 5) is 7.58. The summed E-state index contributed by atoms with van der Waals surface area (Å²) in [6.45, 7) is 2.06. The van der Waals surface area contributed by atoms with Crippen LogP contribution in [0.4, 0.5) is 0 Å². The van der Waals surface area contributed by atoms with Crippen molar-refractivity contribution in [1.82, 2.24) is 9.97 Å². The van der Waals surface area contributed by atoms with Gasteiger partial charge in [-0.1, -0.05) is 19.1 Å². The molecule has 0 aliphatic rings. The predicted molar refractivity (Wildman–Crippen MR) is 69.0 cm³/mol. The lowest BCUT2D eigenvalue weighted by atomic mass is 10.2. The van der Waals surface area contributed by atoms with E-state index in [0.29, 0.717) is 4.64 Å². The van der Waals surface area contributed by atoms with Crippen LogP contribution in [0.3, 0.4) is 0 Å². The molecule has 0 amide bonds. The van der Waals surface area contributed by atoms with E-state index >= 15 is 0 Å². The van der Waals surface area contributed by atoms with Gasteiger partial charge < -0.3 is 4.98 Å². The molecule has 0 aliphatic carbocycles. The van der Waals surface area contributed by atoms with E-state index < -0.39 is 0 Å². The van der Waals surface area contributed by atoms with E-state index in [9.17, 15) is 0 Å². The summed E-state index contributed by atoms with van der Waals surface area (Å²) in [5.41, 5.74) is 1.07. The Morgan fingerprint density at radius 3 is 3.00 bits per heavy atom. The van der Waals surface area contributed by atoms with Gasteiger partial charge in [0.1, 0.15) is 10.5 Å². The van der Waals surface area contributed by atoms with Gasteiger partial charge in [-0.15, -0.1) is 0 Å². The molecule has 0 radical (unpaired) electrons. The molecule has 1 aromatic heterocycles. The van der Waals surface area contributed by atoms with Crippen LogP contribution in [0.15, 0.2) is 18.2 Å². The first-order chi connectivity index (χ1) is 6.70. The summed E-state index contributed by atoms with van der Waals surface area (Å²) in [6, 6.07) is 6.17. The van der Waals surface area contributed by atoms with Gasteiger partial charge in [-0.05, 0) is 40.8 Å². The number of aromatic amines is 1. The fourth-order valence-electron chi connectivity index (χ4n) is 1.34. The largest absolute Gasteiger partial charge is 0.343 e. The number of H-pyrrole nitrogens is 1. The Morgan fingerprint density at radius 1 is 1.50 bits per heavy atom. The van der Waals surface area contributed by atoms with Crippen LogP contribution in [-0.2, 0) is 6.42 Å². The highest BCUT2D eigenvalue weighted by Gasteiger charge is 1.99. The molecule has 0 bridgehead atoms. The normalized spacial score (nSPS) is 10.7. The third-order valence-electron chi connectivity index (χ3n) is 2.06. The summed E-state index contributed by atoms with van der Waals surface area (Å²) in [5, 5.41) is 1.03. The topological polar surface area (TPSA) is 28.7 Å². The summed E-state index contributed by atoms with van der Waals surface area (Å²) in [6.07, 6.45) is 0.881. The second-order valence-corrected chi connectivity index (χ2v) is 4.66. The Hall–Kier alpha value is -0.490. The van der Waals surface area contributed by atoms with E-state index in [0.717, 1.165) is 23.1 Å². The SMILES string of the molecule is CCc1nc(=S)c2cc(I)ccc2[nH]1. The number of rotatable bonds is 1. The Labute approximate surface area is 101 Å². The third kappa shape index (κ3) is 1.81. The maximum atomic E-state index is 5.23. The zero-order valence-corrected chi connectivity index (χ0v) is 10.6. The molecule has 0 saturated heterocycles. The maximum absolute atomic E-state index is 5.23. The fourth-order valence-corrected chi connectivity index (χ4v) is 2.11. The quantitative estimate of drug-likeness (QED) is 0.645. The molecule has 2 aromatic rings. The molecule has 2 nitrogen and oxygen atoms in total. The average Bonchev–Trinajstić information content (AvgIpc) is 2.19. The van der Waals surface area contributed by atoms with Crippen molar-refractivity contribution in [1.29, 1.82) is 0 Å². The monoisotopic (exact) mass is 316 g/mol. The Balaban J connectivity index is 2.83. The summed E-state index contributed by atoms with van der Waals surface area (Å²) < 4.78 is 1.87. The number of aromatic nitrogens is 2. The second-order valence-electron chi connectivity index (χ2n) is 3.03. The Bertz CT molecular complexity index is 533. The van der Waals surface area contributed by atoms with Gasteiger partial charge in [0.15, 0.2) is 0 Å². The van der Waals surface area contributed by atoms with Crippen LogP contribution in [0.1, 0.15) is 12.7 Å². The van der Waals surface area contributed by atoms with E-state index in [1.54, 1.807) is 0 Å². The van der Waals surface area contributed by atoms with Crippen molar-refractivity contribution in [2.24, 2.45) is 0 Å². The lowest BCUT2D eigenvalue weighted by Crippen LogP contribution is -1.94. The number of aryl methyl sites for hydroxylation is 1. The van der Waals surface area contributed by atoms with E-state index in [1.807, 2.05) is 6.07 Å². The van der Waals surface area contributed by atoms with Crippen molar-refractivity contribution in [2.45, 2.75) is 13.3 Å². The first kappa shape index (κ1) is 10.0. The van der Waals surface area contributed by atoms with Gasteiger partial charge >= 0.3 is 0 Å². The number of benzene rings is 1. The van der Waals surface area contributed by atoms with E-state index in [4.69, 9.17) is 12.2 Å². The molecule has 4 heteroatoms. The highest BCUT2D eigenvalue weighted by atomic mass is 127. The minimum Gasteiger partial charge on any atom is -0.343 e. The summed E-state index contributed by atoms with van der Waals surface area (Å²) >= 11 is 7.51. The molecular formula is C10H9IN2S. The molecule has 0 unspecified atom stereocenters. The number of nitrogens with one attached hydrogen (secondary N) is 1. The Kier molecular flexibility index (Phi) is 2.83. The lowest BCUT2D eigenvalue weighted by Gasteiger charge is -2.02. The number of nitrogens with zero attached hydrogens (tertiary/aromatic N) is 1. The minimum atomic E-state index is 0.689. The van der Waals surface area contributed by atoms with Crippen molar-refractivity contribution in [3.63, 3.8) is 0 Å². The molecule has 14 heavy (non-hydrogen) atoms. The predicted octanol–water partition coefficient (Wildman–Crippen LogP) is 3.46. The van der Waals surface area contributed by atoms with Gasteiger partial charge in [0.05, 0.1) is 0 Å². The van der Waals surface area contributed by atoms with Gasteiger partial charge in [0.2, 0.25) is 0 Å². The van der Waals surface area contributed by atoms with Gasteiger partial charge in [0.25, 0.3) is 0 Å². The summed E-state index contributed by atoms with van der Waals surface area (Å²) in [5.74, 6) is 0.948. The average molecular weight is 316 g/mol. The third-order valence-corrected chi connectivity index (χ3v) is 3.04. The number of hydrogen-bond acceptors (Lipinski definition) is 2. The number of halogens is 1. The molecule has 1 N–H and O–H groups in total. The molecule has 0 spiro atoms. The van der Waals surface area contributed by atoms with Gasteiger partial charge in [-0.3, -0.25) is 0 Å². The molecule has 72 valence electrons. The van der Waals surface area contributed by atoms with Crippen LogP contribution in [0.5, 0.6) is 0 Å². The number of fused-ring (bicyclic) bond motifs is 1. The van der Waals surface area contributed by atoms with Crippen LogP contribution < -0.4 is 0 Å². The van der Waals surface area contributed by atoms with Crippen molar-refractivity contribution in [2.75, 3.05) is 0 Å². The molecule has 1 aromatic carbocycles. The van der Waals surface area contributed by atoms with Crippen molar-refractivity contribution in [3.05, 3.63) is 32.2 Å². The molecule has 1 heterocycles. The van der Waals surface area contributed by atoms with Crippen molar-refractivity contribution >= 4 is 45.7 Å². The molecule has 0 fully saturated rings. The van der Waals surface area contributed by atoms with Crippen LogP contribution in [-0.4, -0.2) is 9.97 Å². The van der Waals surface area contributed by atoms with E-state index in [-0.39, 0.29) is 0 Å². The first-order valence-electron chi connectivity index (χ1n) is 4.39. The van der Waals surface area contributed by atoms with Gasteiger partial charge in [0, 0.05) is 20.9 Å². The standard InChI is InChI=1S/C10H9IN2S/c1-2-9-12-8-4-3-6(11)5-7(8)10(14)13-9/h3-5H,2H2,1H3,(H,12,13,14). The maximum Gasteiger partial charge on any atom is 0.137 e. The molecular weight excluding hydrogens is 307 g/mol. The molecule has 0 saturated carbocycles. The highest BCUT2D eigenvalue weighted by Crippen LogP contribution is 2.16. The highest BCUT2D eigenvalue weighted by molar-refractivity contribution is 14.1. The minimum absolute atomic E-state index is 0.689. The molecule has 2 rings (SSSR count).